The molecule has 0 radical (unpaired) electrons. The van der Waals surface area contributed by atoms with E-state index in [4.69, 9.17) is 9.47 Å². The van der Waals surface area contributed by atoms with Crippen molar-refractivity contribution in [2.45, 2.75) is 6.42 Å². The van der Waals surface area contributed by atoms with Gasteiger partial charge in [0.25, 0.3) is 0 Å². The van der Waals surface area contributed by atoms with E-state index < -0.39 is 0 Å². The number of nitrogens with one attached hydrogen (secondary N) is 1. The lowest BCUT2D eigenvalue weighted by Crippen LogP contribution is -2.15. The number of carbonyl (C=O) groups is 1. The van der Waals surface area contributed by atoms with E-state index >= 15 is 0 Å². The second-order valence-electron chi connectivity index (χ2n) is 5.29. The number of ether oxygens (including phenoxy) is 2. The molecule has 0 atom stereocenters. The number of benzene rings is 2. The van der Waals surface area contributed by atoms with Crippen LogP contribution in [0.5, 0.6) is 11.5 Å². The zero-order valence-corrected chi connectivity index (χ0v) is 13.6. The zero-order chi connectivity index (χ0) is 16.9. The van der Waals surface area contributed by atoms with Gasteiger partial charge in [-0.15, -0.1) is 0 Å². The van der Waals surface area contributed by atoms with E-state index in [2.05, 4.69) is 10.3 Å². The molecule has 0 saturated carbocycles. The average Bonchev–Trinajstić information content (AvgIpc) is 2.62. The van der Waals surface area contributed by atoms with Crippen molar-refractivity contribution in [3.8, 4) is 11.5 Å². The molecule has 122 valence electrons. The standard InChI is InChI=1S/C19H18N2O3/c1-23-16-9-8-13(11-17(16)24-2)12-18(22)21-15-7-3-5-14-6-4-10-20-19(14)15/h3-11H,12H2,1-2H3,(H,21,22). The SMILES string of the molecule is COc1ccc(CC(=O)Nc2cccc3cccnc23)cc1OC. The van der Waals surface area contributed by atoms with Crippen molar-refractivity contribution in [1.29, 1.82) is 0 Å². The quantitative estimate of drug-likeness (QED) is 0.782. The van der Waals surface area contributed by atoms with Gasteiger partial charge in [0.1, 0.15) is 0 Å². The molecule has 0 bridgehead atoms. The fraction of sp³-hybridized carbons (Fsp3) is 0.158. The molecule has 0 saturated heterocycles. The van der Waals surface area contributed by atoms with Crippen LogP contribution in [0.1, 0.15) is 5.56 Å². The molecule has 1 amide bonds. The van der Waals surface area contributed by atoms with Gasteiger partial charge in [0.2, 0.25) is 5.91 Å². The fourth-order valence-electron chi connectivity index (χ4n) is 2.58. The number of para-hydroxylation sites is 1. The van der Waals surface area contributed by atoms with Crippen LogP contribution in [0.25, 0.3) is 10.9 Å². The Morgan fingerprint density at radius 1 is 1.04 bits per heavy atom. The molecule has 0 spiro atoms. The summed E-state index contributed by atoms with van der Waals surface area (Å²) in [4.78, 5) is 16.7. The molecule has 1 N–H and O–H groups in total. The van der Waals surface area contributed by atoms with Gasteiger partial charge in [0.05, 0.1) is 31.8 Å². The van der Waals surface area contributed by atoms with E-state index in [1.165, 1.54) is 0 Å². The monoisotopic (exact) mass is 322 g/mol. The first-order valence-electron chi connectivity index (χ1n) is 7.56. The Morgan fingerprint density at radius 3 is 2.62 bits per heavy atom. The zero-order valence-electron chi connectivity index (χ0n) is 13.6. The summed E-state index contributed by atoms with van der Waals surface area (Å²) >= 11 is 0. The van der Waals surface area contributed by atoms with Crippen LogP contribution in [0, 0.1) is 0 Å². The lowest BCUT2D eigenvalue weighted by molar-refractivity contribution is -0.115. The first-order chi connectivity index (χ1) is 11.7. The number of nitrogens with zero attached hydrogens (tertiary/aromatic N) is 1. The van der Waals surface area contributed by atoms with E-state index in [0.29, 0.717) is 17.2 Å². The number of anilines is 1. The van der Waals surface area contributed by atoms with Crippen LogP contribution in [-0.2, 0) is 11.2 Å². The topological polar surface area (TPSA) is 60.5 Å². The molecule has 24 heavy (non-hydrogen) atoms. The van der Waals surface area contributed by atoms with Gasteiger partial charge in [0, 0.05) is 11.6 Å². The van der Waals surface area contributed by atoms with Crippen molar-refractivity contribution in [2.75, 3.05) is 19.5 Å². The number of fused-ring (bicyclic) bond motifs is 1. The van der Waals surface area contributed by atoms with Crippen LogP contribution in [-0.4, -0.2) is 25.1 Å². The summed E-state index contributed by atoms with van der Waals surface area (Å²) in [6.07, 6.45) is 1.95. The van der Waals surface area contributed by atoms with Crippen LogP contribution in [0.3, 0.4) is 0 Å². The van der Waals surface area contributed by atoms with Crippen molar-refractivity contribution < 1.29 is 14.3 Å². The third kappa shape index (κ3) is 3.30. The number of hydrogen-bond donors (Lipinski definition) is 1. The molecule has 1 heterocycles. The largest absolute Gasteiger partial charge is 0.493 e. The van der Waals surface area contributed by atoms with Crippen LogP contribution in [0.15, 0.2) is 54.7 Å². The molecule has 1 aromatic heterocycles. The van der Waals surface area contributed by atoms with E-state index in [1.807, 2.05) is 36.4 Å². The van der Waals surface area contributed by atoms with Gasteiger partial charge in [-0.3, -0.25) is 9.78 Å². The summed E-state index contributed by atoms with van der Waals surface area (Å²) < 4.78 is 10.5. The van der Waals surface area contributed by atoms with Gasteiger partial charge in [0.15, 0.2) is 11.5 Å². The number of methoxy groups -OCH3 is 2. The van der Waals surface area contributed by atoms with Crippen molar-refractivity contribution in [3.63, 3.8) is 0 Å². The Labute approximate surface area is 140 Å². The van der Waals surface area contributed by atoms with Gasteiger partial charge >= 0.3 is 0 Å². The Morgan fingerprint density at radius 2 is 1.83 bits per heavy atom. The number of rotatable bonds is 5. The normalized spacial score (nSPS) is 10.4. The molecule has 3 aromatic rings. The summed E-state index contributed by atoms with van der Waals surface area (Å²) in [6, 6.07) is 15.0. The van der Waals surface area contributed by atoms with Gasteiger partial charge in [-0.1, -0.05) is 24.3 Å². The maximum atomic E-state index is 12.4. The van der Waals surface area contributed by atoms with Gasteiger partial charge in [-0.25, -0.2) is 0 Å². The number of aromatic nitrogens is 1. The van der Waals surface area contributed by atoms with Gasteiger partial charge in [-0.05, 0) is 29.8 Å². The number of pyridine rings is 1. The minimum atomic E-state index is -0.111. The molecular weight excluding hydrogens is 304 g/mol. The first-order valence-corrected chi connectivity index (χ1v) is 7.56. The van der Waals surface area contributed by atoms with E-state index in [-0.39, 0.29) is 12.3 Å². The maximum Gasteiger partial charge on any atom is 0.228 e. The lowest BCUT2D eigenvalue weighted by Gasteiger charge is -2.10. The molecule has 0 aliphatic carbocycles. The summed E-state index contributed by atoms with van der Waals surface area (Å²) in [7, 11) is 3.15. The second kappa shape index (κ2) is 7.00. The molecule has 5 heteroatoms. The van der Waals surface area contributed by atoms with Crippen LogP contribution < -0.4 is 14.8 Å². The Kier molecular flexibility index (Phi) is 4.61. The Balaban J connectivity index is 1.78. The highest BCUT2D eigenvalue weighted by molar-refractivity contribution is 6.00. The fourth-order valence-corrected chi connectivity index (χ4v) is 2.58. The Hall–Kier alpha value is -3.08. The first kappa shape index (κ1) is 15.8. The molecule has 0 fully saturated rings. The summed E-state index contributed by atoms with van der Waals surface area (Å²) in [5.74, 6) is 1.13. The van der Waals surface area contributed by atoms with E-state index in [1.54, 1.807) is 32.5 Å². The smallest absolute Gasteiger partial charge is 0.228 e. The highest BCUT2D eigenvalue weighted by Gasteiger charge is 2.10. The van der Waals surface area contributed by atoms with Crippen molar-refractivity contribution >= 4 is 22.5 Å². The number of carbonyl (C=O) groups excluding carboxylic acids is 1. The third-order valence-corrected chi connectivity index (χ3v) is 3.72. The van der Waals surface area contributed by atoms with Crippen LogP contribution >= 0.6 is 0 Å². The van der Waals surface area contributed by atoms with E-state index in [9.17, 15) is 4.79 Å². The third-order valence-electron chi connectivity index (χ3n) is 3.72. The molecular formula is C19H18N2O3. The summed E-state index contributed by atoms with van der Waals surface area (Å²) in [6.45, 7) is 0. The maximum absolute atomic E-state index is 12.4. The van der Waals surface area contributed by atoms with Crippen molar-refractivity contribution in [1.82, 2.24) is 4.98 Å². The summed E-state index contributed by atoms with van der Waals surface area (Å²) in [5.41, 5.74) is 2.33. The highest BCUT2D eigenvalue weighted by atomic mass is 16.5. The van der Waals surface area contributed by atoms with Crippen molar-refractivity contribution in [2.24, 2.45) is 0 Å². The predicted octanol–water partition coefficient (Wildman–Crippen LogP) is 3.43. The number of hydrogen-bond acceptors (Lipinski definition) is 4. The van der Waals surface area contributed by atoms with Gasteiger partial charge in [-0.2, -0.15) is 0 Å². The lowest BCUT2D eigenvalue weighted by atomic mass is 10.1. The number of amides is 1. The van der Waals surface area contributed by atoms with E-state index in [0.717, 1.165) is 16.5 Å². The summed E-state index contributed by atoms with van der Waals surface area (Å²) in [5, 5.41) is 3.91. The van der Waals surface area contributed by atoms with Crippen LogP contribution in [0.4, 0.5) is 5.69 Å². The molecule has 3 rings (SSSR count). The molecule has 2 aromatic carbocycles. The molecule has 0 aliphatic heterocycles. The van der Waals surface area contributed by atoms with Crippen LogP contribution in [0.2, 0.25) is 0 Å². The highest BCUT2D eigenvalue weighted by Crippen LogP contribution is 2.28. The molecule has 0 unspecified atom stereocenters. The second-order valence-corrected chi connectivity index (χ2v) is 5.29. The predicted molar refractivity (Wildman–Crippen MR) is 93.6 cm³/mol. The minimum absolute atomic E-state index is 0.111. The average molecular weight is 322 g/mol. The Bertz CT molecular complexity index is 872. The molecule has 0 aliphatic rings. The van der Waals surface area contributed by atoms with Crippen molar-refractivity contribution in [3.05, 3.63) is 60.3 Å². The minimum Gasteiger partial charge on any atom is -0.493 e. The van der Waals surface area contributed by atoms with Gasteiger partial charge < -0.3 is 14.8 Å². The molecule has 5 nitrogen and oxygen atoms in total.